The van der Waals surface area contributed by atoms with Gasteiger partial charge in [0.2, 0.25) is 0 Å². The summed E-state index contributed by atoms with van der Waals surface area (Å²) in [6.45, 7) is 3.66. The van der Waals surface area contributed by atoms with Gasteiger partial charge in [-0.3, -0.25) is 0 Å². The number of anilines is 1. The normalized spacial score (nSPS) is 20.8. The first-order valence-electron chi connectivity index (χ1n) is 6.95. The van der Waals surface area contributed by atoms with Gasteiger partial charge in [-0.25, -0.2) is 4.39 Å². The lowest BCUT2D eigenvalue weighted by atomic mass is 10.0. The molecule has 4 heteroatoms. The zero-order valence-electron chi connectivity index (χ0n) is 11.7. The van der Waals surface area contributed by atoms with Crippen LogP contribution in [0.1, 0.15) is 25.3 Å². The summed E-state index contributed by atoms with van der Waals surface area (Å²) in [6, 6.07) is 5.57. The molecule has 1 aliphatic rings. The third-order valence-corrected chi connectivity index (χ3v) is 3.85. The average molecular weight is 266 g/mol. The van der Waals surface area contributed by atoms with Crippen LogP contribution >= 0.6 is 0 Å². The molecule has 2 unspecified atom stereocenters. The van der Waals surface area contributed by atoms with E-state index in [1.165, 1.54) is 0 Å². The molecule has 0 amide bonds. The van der Waals surface area contributed by atoms with Gasteiger partial charge >= 0.3 is 0 Å². The average Bonchev–Trinajstić information content (AvgIpc) is 2.87. The molecule has 2 rings (SSSR count). The highest BCUT2D eigenvalue weighted by atomic mass is 19.1. The van der Waals surface area contributed by atoms with Gasteiger partial charge in [0, 0.05) is 26.2 Å². The minimum atomic E-state index is -0.155. The zero-order valence-corrected chi connectivity index (χ0v) is 11.7. The number of nitrogens with zero attached hydrogens (tertiary/aromatic N) is 1. The second-order valence-electron chi connectivity index (χ2n) is 5.25. The largest absolute Gasteiger partial charge is 0.380 e. The van der Waals surface area contributed by atoms with Crippen molar-refractivity contribution in [3.8, 4) is 0 Å². The highest BCUT2D eigenvalue weighted by Gasteiger charge is 2.24. The van der Waals surface area contributed by atoms with Gasteiger partial charge in [0.25, 0.3) is 0 Å². The SMILES string of the molecule is CCC(N)Cc1ccc(N2CCC(OC)C2)c(F)c1. The van der Waals surface area contributed by atoms with Crippen molar-refractivity contribution in [3.05, 3.63) is 29.6 Å². The van der Waals surface area contributed by atoms with Crippen LogP contribution in [0.25, 0.3) is 0 Å². The Balaban J connectivity index is 2.07. The zero-order chi connectivity index (χ0) is 13.8. The van der Waals surface area contributed by atoms with Crippen LogP contribution in [-0.2, 0) is 11.2 Å². The van der Waals surface area contributed by atoms with Gasteiger partial charge in [0.15, 0.2) is 0 Å². The second-order valence-corrected chi connectivity index (χ2v) is 5.25. The van der Waals surface area contributed by atoms with Crippen LogP contribution < -0.4 is 10.6 Å². The predicted octanol–water partition coefficient (Wildman–Crippen LogP) is 2.33. The van der Waals surface area contributed by atoms with Gasteiger partial charge < -0.3 is 15.4 Å². The van der Waals surface area contributed by atoms with Gasteiger partial charge in [0.1, 0.15) is 5.82 Å². The molecule has 3 nitrogen and oxygen atoms in total. The van der Waals surface area contributed by atoms with Crippen molar-refractivity contribution < 1.29 is 9.13 Å². The van der Waals surface area contributed by atoms with E-state index in [1.807, 2.05) is 24.0 Å². The van der Waals surface area contributed by atoms with Crippen molar-refractivity contribution >= 4 is 5.69 Å². The molecule has 0 radical (unpaired) electrons. The quantitative estimate of drug-likeness (QED) is 0.889. The molecule has 1 heterocycles. The van der Waals surface area contributed by atoms with Crippen molar-refractivity contribution in [3.63, 3.8) is 0 Å². The predicted molar refractivity (Wildman–Crippen MR) is 76.0 cm³/mol. The Bertz CT molecular complexity index is 425. The van der Waals surface area contributed by atoms with E-state index in [9.17, 15) is 4.39 Å². The van der Waals surface area contributed by atoms with Crippen molar-refractivity contribution in [2.24, 2.45) is 5.73 Å². The van der Waals surface area contributed by atoms with Crippen LogP contribution in [0, 0.1) is 5.82 Å². The maximum atomic E-state index is 14.2. The molecular weight excluding hydrogens is 243 g/mol. The molecule has 19 heavy (non-hydrogen) atoms. The molecule has 1 aromatic rings. The molecule has 2 N–H and O–H groups in total. The molecular formula is C15H23FN2O. The van der Waals surface area contributed by atoms with Crippen molar-refractivity contribution in [2.45, 2.75) is 38.3 Å². The summed E-state index contributed by atoms with van der Waals surface area (Å²) >= 11 is 0. The minimum absolute atomic E-state index is 0.106. The molecule has 1 fully saturated rings. The van der Waals surface area contributed by atoms with E-state index in [4.69, 9.17) is 10.5 Å². The van der Waals surface area contributed by atoms with Gasteiger partial charge in [-0.05, 0) is 37.0 Å². The van der Waals surface area contributed by atoms with E-state index in [0.717, 1.165) is 37.9 Å². The molecule has 0 bridgehead atoms. The summed E-state index contributed by atoms with van der Waals surface area (Å²) in [4.78, 5) is 2.05. The number of halogens is 1. The summed E-state index contributed by atoms with van der Waals surface area (Å²) in [5, 5.41) is 0. The van der Waals surface area contributed by atoms with E-state index in [1.54, 1.807) is 13.2 Å². The Hall–Kier alpha value is -1.13. The van der Waals surface area contributed by atoms with E-state index < -0.39 is 0 Å². The summed E-state index contributed by atoms with van der Waals surface area (Å²) in [7, 11) is 1.71. The highest BCUT2D eigenvalue weighted by molar-refractivity contribution is 5.50. The third kappa shape index (κ3) is 3.45. The van der Waals surface area contributed by atoms with E-state index in [2.05, 4.69) is 0 Å². The topological polar surface area (TPSA) is 38.5 Å². The molecule has 0 aliphatic carbocycles. The Kier molecular flexibility index (Phi) is 4.77. The van der Waals surface area contributed by atoms with Crippen LogP contribution in [-0.4, -0.2) is 32.3 Å². The van der Waals surface area contributed by atoms with Crippen LogP contribution in [0.2, 0.25) is 0 Å². The second kappa shape index (κ2) is 6.35. The maximum Gasteiger partial charge on any atom is 0.146 e. The molecule has 0 aromatic heterocycles. The fourth-order valence-corrected chi connectivity index (χ4v) is 2.52. The third-order valence-electron chi connectivity index (χ3n) is 3.85. The van der Waals surface area contributed by atoms with Crippen LogP contribution in [0.3, 0.4) is 0 Å². The monoisotopic (exact) mass is 266 g/mol. The summed E-state index contributed by atoms with van der Waals surface area (Å²) in [5.74, 6) is -0.155. The van der Waals surface area contributed by atoms with Crippen LogP contribution in [0.15, 0.2) is 18.2 Å². The van der Waals surface area contributed by atoms with Gasteiger partial charge in [-0.2, -0.15) is 0 Å². The standard InChI is InChI=1S/C15H23FN2O/c1-3-12(17)8-11-4-5-15(14(16)9-11)18-7-6-13(10-18)19-2/h4-5,9,12-13H,3,6-8,10,17H2,1-2H3. The van der Waals surface area contributed by atoms with Gasteiger partial charge in [-0.15, -0.1) is 0 Å². The van der Waals surface area contributed by atoms with Crippen molar-refractivity contribution in [1.29, 1.82) is 0 Å². The Labute approximate surface area is 114 Å². The number of rotatable bonds is 5. The Morgan fingerprint density at radius 2 is 2.32 bits per heavy atom. The Morgan fingerprint density at radius 3 is 2.89 bits per heavy atom. The van der Waals surface area contributed by atoms with Crippen LogP contribution in [0.4, 0.5) is 10.1 Å². The Morgan fingerprint density at radius 1 is 1.53 bits per heavy atom. The molecule has 2 atom stereocenters. The van der Waals surface area contributed by atoms with Crippen molar-refractivity contribution in [1.82, 2.24) is 0 Å². The smallest absolute Gasteiger partial charge is 0.146 e. The van der Waals surface area contributed by atoms with E-state index >= 15 is 0 Å². The number of hydrogen-bond donors (Lipinski definition) is 1. The number of benzene rings is 1. The first-order chi connectivity index (χ1) is 9.13. The van der Waals surface area contributed by atoms with Crippen LogP contribution in [0.5, 0.6) is 0 Å². The lowest BCUT2D eigenvalue weighted by molar-refractivity contribution is 0.121. The summed E-state index contributed by atoms with van der Waals surface area (Å²) in [6.07, 6.45) is 2.81. The fourth-order valence-electron chi connectivity index (χ4n) is 2.52. The van der Waals surface area contributed by atoms with Gasteiger partial charge in [0.05, 0.1) is 11.8 Å². The highest BCUT2D eigenvalue weighted by Crippen LogP contribution is 2.25. The molecule has 106 valence electrons. The summed E-state index contributed by atoms with van der Waals surface area (Å²) < 4.78 is 19.5. The number of ether oxygens (including phenoxy) is 1. The number of methoxy groups -OCH3 is 1. The molecule has 0 saturated carbocycles. The maximum absolute atomic E-state index is 14.2. The molecule has 0 spiro atoms. The lowest BCUT2D eigenvalue weighted by Gasteiger charge is -2.20. The molecule has 1 aliphatic heterocycles. The van der Waals surface area contributed by atoms with E-state index in [-0.39, 0.29) is 18.0 Å². The first-order valence-corrected chi connectivity index (χ1v) is 6.95. The van der Waals surface area contributed by atoms with E-state index in [0.29, 0.717) is 5.69 Å². The molecule has 1 aromatic carbocycles. The number of nitrogens with two attached hydrogens (primary N) is 1. The fraction of sp³-hybridized carbons (Fsp3) is 0.600. The molecule has 1 saturated heterocycles. The summed E-state index contributed by atoms with van der Waals surface area (Å²) in [5.41, 5.74) is 7.55. The van der Waals surface area contributed by atoms with Gasteiger partial charge in [-0.1, -0.05) is 13.0 Å². The number of hydrogen-bond acceptors (Lipinski definition) is 3. The minimum Gasteiger partial charge on any atom is -0.380 e. The van der Waals surface area contributed by atoms with Crippen molar-refractivity contribution in [2.75, 3.05) is 25.1 Å². The first kappa shape index (κ1) is 14.3. The lowest BCUT2D eigenvalue weighted by Crippen LogP contribution is -2.24.